The average Bonchev–Trinajstić information content (AvgIpc) is 3.17. The maximum atomic E-state index is 13.0. The first-order valence-electron chi connectivity index (χ1n) is 10.4. The molecule has 156 valence electrons. The topological polar surface area (TPSA) is 59.4 Å². The summed E-state index contributed by atoms with van der Waals surface area (Å²) in [5.41, 5.74) is 0.187. The fourth-order valence-electron chi connectivity index (χ4n) is 4.24. The van der Waals surface area contributed by atoms with Gasteiger partial charge in [0, 0.05) is 36.2 Å². The van der Waals surface area contributed by atoms with E-state index in [0.717, 1.165) is 38.3 Å². The summed E-state index contributed by atoms with van der Waals surface area (Å²) in [5.74, 6) is 1.51. The van der Waals surface area contributed by atoms with Crippen LogP contribution in [-0.2, 0) is 21.7 Å². The molecule has 0 saturated carbocycles. The molecule has 1 fully saturated rings. The molecule has 1 N–H and O–H groups in total. The van der Waals surface area contributed by atoms with Gasteiger partial charge in [-0.2, -0.15) is 0 Å². The zero-order valence-electron chi connectivity index (χ0n) is 17.1. The molecule has 1 saturated heterocycles. The van der Waals surface area contributed by atoms with Crippen LogP contribution in [0, 0.1) is 5.92 Å². The summed E-state index contributed by atoms with van der Waals surface area (Å²) in [5, 5.41) is 3.54. The second-order valence-corrected chi connectivity index (χ2v) is 8.96. The van der Waals surface area contributed by atoms with Gasteiger partial charge in [0.15, 0.2) is 6.10 Å². The van der Waals surface area contributed by atoms with Crippen LogP contribution in [-0.4, -0.2) is 46.1 Å². The largest absolute Gasteiger partial charge is 0.352 e. The van der Waals surface area contributed by atoms with E-state index < -0.39 is 11.7 Å². The number of carbonyl (C=O) groups excluding carboxylic acids is 1. The number of imidazole rings is 1. The van der Waals surface area contributed by atoms with Crippen molar-refractivity contribution in [2.45, 2.75) is 51.4 Å². The molecule has 1 aromatic carbocycles. The van der Waals surface area contributed by atoms with Crippen molar-refractivity contribution in [3.63, 3.8) is 0 Å². The van der Waals surface area contributed by atoms with Crippen LogP contribution in [0.15, 0.2) is 36.7 Å². The van der Waals surface area contributed by atoms with Crippen LogP contribution in [0.5, 0.6) is 0 Å². The molecule has 7 heteroatoms. The molecule has 2 aliphatic heterocycles. The van der Waals surface area contributed by atoms with Gasteiger partial charge in [-0.15, -0.1) is 0 Å². The standard InChI is InChI=1S/C22H29ClN4O2/c1-16(2)6-10-26-11-7-22(8-12-26)21-24-9-13-27(21)15-19(29-22)20(28)25-18-5-3-4-17(23)14-18/h3-5,9,13-14,16,19H,6-8,10-12,15H2,1-2H3,(H,25,28)/t19-/m1/s1. The molecule has 1 atom stereocenters. The summed E-state index contributed by atoms with van der Waals surface area (Å²) in [6.45, 7) is 8.02. The average molecular weight is 417 g/mol. The highest BCUT2D eigenvalue weighted by Gasteiger charge is 2.47. The van der Waals surface area contributed by atoms with E-state index in [1.807, 2.05) is 24.5 Å². The molecule has 1 aromatic heterocycles. The number of aromatic nitrogens is 2. The Morgan fingerprint density at radius 3 is 2.90 bits per heavy atom. The minimum absolute atomic E-state index is 0.145. The Labute approximate surface area is 177 Å². The molecule has 4 rings (SSSR count). The lowest BCUT2D eigenvalue weighted by atomic mass is 9.88. The number of nitrogens with zero attached hydrogens (tertiary/aromatic N) is 3. The lowest BCUT2D eigenvalue weighted by Crippen LogP contribution is -2.53. The molecule has 1 amide bonds. The van der Waals surface area contributed by atoms with E-state index in [4.69, 9.17) is 16.3 Å². The Morgan fingerprint density at radius 1 is 1.38 bits per heavy atom. The number of nitrogens with one attached hydrogen (secondary N) is 1. The number of rotatable bonds is 5. The van der Waals surface area contributed by atoms with Gasteiger partial charge in [0.2, 0.25) is 0 Å². The fourth-order valence-corrected chi connectivity index (χ4v) is 4.43. The van der Waals surface area contributed by atoms with Crippen LogP contribution in [0.25, 0.3) is 0 Å². The van der Waals surface area contributed by atoms with Crippen molar-refractivity contribution in [1.82, 2.24) is 14.5 Å². The van der Waals surface area contributed by atoms with Gasteiger partial charge in [0.1, 0.15) is 11.4 Å². The van der Waals surface area contributed by atoms with Gasteiger partial charge in [-0.1, -0.05) is 31.5 Å². The van der Waals surface area contributed by atoms with Crippen molar-refractivity contribution >= 4 is 23.2 Å². The summed E-state index contributed by atoms with van der Waals surface area (Å²) in [6, 6.07) is 7.18. The van der Waals surface area contributed by atoms with Gasteiger partial charge in [-0.05, 0) is 49.9 Å². The lowest BCUT2D eigenvalue weighted by molar-refractivity contribution is -0.169. The molecule has 0 radical (unpaired) electrons. The van der Waals surface area contributed by atoms with Crippen molar-refractivity contribution in [3.05, 3.63) is 47.5 Å². The lowest BCUT2D eigenvalue weighted by Gasteiger charge is -2.45. The van der Waals surface area contributed by atoms with Gasteiger partial charge in [-0.3, -0.25) is 4.79 Å². The Balaban J connectivity index is 1.47. The molecular weight excluding hydrogens is 388 g/mol. The number of piperidine rings is 1. The van der Waals surface area contributed by atoms with Crippen molar-refractivity contribution < 1.29 is 9.53 Å². The summed E-state index contributed by atoms with van der Waals surface area (Å²) in [4.78, 5) is 20.0. The number of anilines is 1. The third kappa shape index (κ3) is 4.49. The van der Waals surface area contributed by atoms with Gasteiger partial charge >= 0.3 is 0 Å². The molecule has 0 aliphatic carbocycles. The normalized spacial score (nSPS) is 21.3. The van der Waals surface area contributed by atoms with E-state index in [2.05, 4.69) is 33.6 Å². The number of carbonyl (C=O) groups is 1. The Bertz CT molecular complexity index is 858. The first-order chi connectivity index (χ1) is 13.9. The monoisotopic (exact) mass is 416 g/mol. The van der Waals surface area contributed by atoms with E-state index in [0.29, 0.717) is 23.2 Å². The summed E-state index contributed by atoms with van der Waals surface area (Å²) >= 11 is 6.04. The molecule has 29 heavy (non-hydrogen) atoms. The number of amides is 1. The van der Waals surface area contributed by atoms with Gasteiger partial charge < -0.3 is 19.5 Å². The van der Waals surface area contributed by atoms with Crippen LogP contribution in [0.3, 0.4) is 0 Å². The first kappa shape index (κ1) is 20.4. The molecule has 2 aromatic rings. The van der Waals surface area contributed by atoms with Crippen LogP contribution in [0.1, 0.15) is 38.9 Å². The Hall–Kier alpha value is -1.89. The number of likely N-dealkylation sites (tertiary alicyclic amines) is 1. The number of hydrogen-bond donors (Lipinski definition) is 1. The van der Waals surface area contributed by atoms with Crippen molar-refractivity contribution in [2.24, 2.45) is 5.92 Å². The minimum atomic E-state index is -0.558. The molecule has 3 heterocycles. The van der Waals surface area contributed by atoms with Crippen molar-refractivity contribution in [3.8, 4) is 0 Å². The Kier molecular flexibility index (Phi) is 5.95. The first-order valence-corrected chi connectivity index (χ1v) is 10.8. The molecule has 2 aliphatic rings. The zero-order valence-corrected chi connectivity index (χ0v) is 17.9. The number of ether oxygens (including phenoxy) is 1. The van der Waals surface area contributed by atoms with E-state index >= 15 is 0 Å². The fraction of sp³-hybridized carbons (Fsp3) is 0.545. The third-order valence-electron chi connectivity index (χ3n) is 5.92. The minimum Gasteiger partial charge on any atom is -0.352 e. The molecular formula is C22H29ClN4O2. The third-order valence-corrected chi connectivity index (χ3v) is 6.16. The SMILES string of the molecule is CC(C)CCN1CCC2(CC1)O[C@@H](C(=O)Nc1cccc(Cl)c1)Cn1ccnc12. The summed E-state index contributed by atoms with van der Waals surface area (Å²) in [6.07, 6.45) is 6.10. The van der Waals surface area contributed by atoms with Gasteiger partial charge in [-0.25, -0.2) is 4.98 Å². The summed E-state index contributed by atoms with van der Waals surface area (Å²) in [7, 11) is 0. The van der Waals surface area contributed by atoms with E-state index in [1.165, 1.54) is 6.42 Å². The van der Waals surface area contributed by atoms with E-state index in [1.54, 1.807) is 12.1 Å². The summed E-state index contributed by atoms with van der Waals surface area (Å²) < 4.78 is 8.56. The van der Waals surface area contributed by atoms with Crippen LogP contribution >= 0.6 is 11.6 Å². The molecule has 0 unspecified atom stereocenters. The smallest absolute Gasteiger partial charge is 0.255 e. The number of hydrogen-bond acceptors (Lipinski definition) is 4. The predicted molar refractivity (Wildman–Crippen MR) is 114 cm³/mol. The highest BCUT2D eigenvalue weighted by Crippen LogP contribution is 2.40. The predicted octanol–water partition coefficient (Wildman–Crippen LogP) is 3.91. The highest BCUT2D eigenvalue weighted by atomic mass is 35.5. The van der Waals surface area contributed by atoms with Crippen LogP contribution in [0.2, 0.25) is 5.02 Å². The zero-order chi connectivity index (χ0) is 20.4. The van der Waals surface area contributed by atoms with E-state index in [9.17, 15) is 4.79 Å². The Morgan fingerprint density at radius 2 is 2.17 bits per heavy atom. The maximum absolute atomic E-state index is 13.0. The second kappa shape index (κ2) is 8.46. The molecule has 1 spiro atoms. The number of fused-ring (bicyclic) bond motifs is 2. The second-order valence-electron chi connectivity index (χ2n) is 8.53. The quantitative estimate of drug-likeness (QED) is 0.802. The maximum Gasteiger partial charge on any atom is 0.255 e. The van der Waals surface area contributed by atoms with Crippen LogP contribution < -0.4 is 5.32 Å². The van der Waals surface area contributed by atoms with Crippen LogP contribution in [0.4, 0.5) is 5.69 Å². The number of halogens is 1. The highest BCUT2D eigenvalue weighted by molar-refractivity contribution is 6.30. The van der Waals surface area contributed by atoms with Gasteiger partial charge in [0.25, 0.3) is 5.91 Å². The van der Waals surface area contributed by atoms with Gasteiger partial charge in [0.05, 0.1) is 6.54 Å². The molecule has 0 bridgehead atoms. The molecule has 6 nitrogen and oxygen atoms in total. The van der Waals surface area contributed by atoms with Crippen molar-refractivity contribution in [1.29, 1.82) is 0 Å². The van der Waals surface area contributed by atoms with E-state index in [-0.39, 0.29) is 5.91 Å². The van der Waals surface area contributed by atoms with Crippen molar-refractivity contribution in [2.75, 3.05) is 25.0 Å². The number of benzene rings is 1.